The van der Waals surface area contributed by atoms with E-state index in [9.17, 15) is 10.1 Å². The second kappa shape index (κ2) is 6.03. The van der Waals surface area contributed by atoms with Crippen LogP contribution in [0.15, 0.2) is 36.4 Å². The minimum atomic E-state index is -0.449. The zero-order chi connectivity index (χ0) is 15.4. The lowest BCUT2D eigenvalue weighted by Gasteiger charge is -2.09. The molecule has 2 N–H and O–H groups in total. The van der Waals surface area contributed by atoms with Gasteiger partial charge in [0.1, 0.15) is 17.6 Å². The first kappa shape index (κ1) is 14.5. The molecular weight excluding hydrogens is 270 g/mol. The van der Waals surface area contributed by atoms with Crippen LogP contribution in [0, 0.1) is 28.4 Å². The van der Waals surface area contributed by atoms with E-state index in [-0.39, 0.29) is 5.69 Å². The lowest BCUT2D eigenvalue weighted by Crippen LogP contribution is -1.98. The van der Waals surface area contributed by atoms with Crippen LogP contribution in [0.25, 0.3) is 0 Å². The van der Waals surface area contributed by atoms with E-state index in [0.29, 0.717) is 29.2 Å². The van der Waals surface area contributed by atoms with Gasteiger partial charge in [0, 0.05) is 18.2 Å². The van der Waals surface area contributed by atoms with Crippen molar-refractivity contribution in [2.24, 2.45) is 5.73 Å². The van der Waals surface area contributed by atoms with Crippen molar-refractivity contribution in [1.29, 1.82) is 5.26 Å². The van der Waals surface area contributed by atoms with Gasteiger partial charge in [-0.1, -0.05) is 6.07 Å². The van der Waals surface area contributed by atoms with Gasteiger partial charge in [0.2, 0.25) is 0 Å². The fraction of sp³-hybridized carbons (Fsp3) is 0.133. The first-order valence-corrected chi connectivity index (χ1v) is 6.21. The van der Waals surface area contributed by atoms with Gasteiger partial charge >= 0.3 is 0 Å². The van der Waals surface area contributed by atoms with E-state index < -0.39 is 4.92 Å². The summed E-state index contributed by atoms with van der Waals surface area (Å²) in [5.74, 6) is 0.832. The summed E-state index contributed by atoms with van der Waals surface area (Å²) in [6.45, 7) is 1.97. The van der Waals surface area contributed by atoms with Crippen molar-refractivity contribution < 1.29 is 9.66 Å². The van der Waals surface area contributed by atoms with Gasteiger partial charge in [-0.2, -0.15) is 5.26 Å². The molecule has 0 amide bonds. The van der Waals surface area contributed by atoms with E-state index in [1.54, 1.807) is 31.2 Å². The summed E-state index contributed by atoms with van der Waals surface area (Å²) in [6, 6.07) is 11.6. The Morgan fingerprint density at radius 1 is 1.33 bits per heavy atom. The molecule has 2 aromatic carbocycles. The van der Waals surface area contributed by atoms with Crippen LogP contribution in [0.5, 0.6) is 11.5 Å². The average Bonchev–Trinajstić information content (AvgIpc) is 2.47. The Balaban J connectivity index is 2.32. The highest BCUT2D eigenvalue weighted by Gasteiger charge is 2.12. The number of nitro groups is 1. The van der Waals surface area contributed by atoms with Crippen molar-refractivity contribution in [3.8, 4) is 17.6 Å². The molecule has 0 atom stereocenters. The maximum Gasteiger partial charge on any atom is 0.272 e. The zero-order valence-corrected chi connectivity index (χ0v) is 11.4. The van der Waals surface area contributed by atoms with E-state index in [1.807, 2.05) is 6.07 Å². The molecule has 0 saturated carbocycles. The molecule has 2 aromatic rings. The fourth-order valence-electron chi connectivity index (χ4n) is 1.90. The number of hydrogen-bond donors (Lipinski definition) is 1. The molecule has 6 heteroatoms. The molecule has 0 aliphatic carbocycles. The Labute approximate surface area is 121 Å². The van der Waals surface area contributed by atoms with Crippen LogP contribution in [0.3, 0.4) is 0 Å². The molecule has 0 radical (unpaired) electrons. The zero-order valence-electron chi connectivity index (χ0n) is 11.4. The Hall–Kier alpha value is -2.91. The van der Waals surface area contributed by atoms with Crippen LogP contribution in [0.2, 0.25) is 0 Å². The Bertz CT molecular complexity index is 735. The topological polar surface area (TPSA) is 102 Å². The van der Waals surface area contributed by atoms with Crippen molar-refractivity contribution >= 4 is 5.69 Å². The van der Waals surface area contributed by atoms with E-state index >= 15 is 0 Å². The number of nitrogens with two attached hydrogens (primary N) is 1. The second-order valence-electron chi connectivity index (χ2n) is 4.45. The normalized spacial score (nSPS) is 9.95. The van der Waals surface area contributed by atoms with E-state index in [1.165, 1.54) is 12.1 Å². The van der Waals surface area contributed by atoms with Gasteiger partial charge in [-0.15, -0.1) is 0 Å². The predicted octanol–water partition coefficient (Wildman–Crippen LogP) is 3.03. The van der Waals surface area contributed by atoms with Crippen LogP contribution in [0.1, 0.15) is 16.7 Å². The van der Waals surface area contributed by atoms with Crippen LogP contribution in [0.4, 0.5) is 5.69 Å². The first-order chi connectivity index (χ1) is 10.0. The molecule has 106 valence electrons. The quantitative estimate of drug-likeness (QED) is 0.686. The Kier molecular flexibility index (Phi) is 4.16. The monoisotopic (exact) mass is 283 g/mol. The summed E-state index contributed by atoms with van der Waals surface area (Å²) in [6.07, 6.45) is 0. The van der Waals surface area contributed by atoms with E-state index in [0.717, 1.165) is 5.56 Å². The number of nitro benzene ring substituents is 1. The summed E-state index contributed by atoms with van der Waals surface area (Å²) in [5, 5.41) is 19.9. The minimum Gasteiger partial charge on any atom is -0.456 e. The van der Waals surface area contributed by atoms with Crippen molar-refractivity contribution in [3.05, 3.63) is 63.2 Å². The van der Waals surface area contributed by atoms with Gasteiger partial charge in [-0.05, 0) is 36.8 Å². The number of nitriles is 1. The lowest BCUT2D eigenvalue weighted by molar-refractivity contribution is -0.385. The summed E-state index contributed by atoms with van der Waals surface area (Å²) >= 11 is 0. The number of ether oxygens (including phenoxy) is 1. The van der Waals surface area contributed by atoms with Gasteiger partial charge in [-0.3, -0.25) is 10.1 Å². The molecule has 0 heterocycles. The molecule has 0 aliphatic rings. The third-order valence-electron chi connectivity index (χ3n) is 2.99. The minimum absolute atomic E-state index is 0.0290. The van der Waals surface area contributed by atoms with Gasteiger partial charge < -0.3 is 10.5 Å². The fourth-order valence-corrected chi connectivity index (χ4v) is 1.90. The molecule has 0 aromatic heterocycles. The van der Waals surface area contributed by atoms with Crippen molar-refractivity contribution in [3.63, 3.8) is 0 Å². The third-order valence-corrected chi connectivity index (χ3v) is 2.99. The first-order valence-electron chi connectivity index (χ1n) is 6.21. The van der Waals surface area contributed by atoms with Crippen LogP contribution < -0.4 is 10.5 Å². The van der Waals surface area contributed by atoms with E-state index in [4.69, 9.17) is 15.7 Å². The predicted molar refractivity (Wildman–Crippen MR) is 77.0 cm³/mol. The molecule has 6 nitrogen and oxygen atoms in total. The second-order valence-corrected chi connectivity index (χ2v) is 4.45. The molecule has 0 bridgehead atoms. The van der Waals surface area contributed by atoms with Gasteiger partial charge in [0.25, 0.3) is 5.69 Å². The highest BCUT2D eigenvalue weighted by atomic mass is 16.6. The standard InChI is InChI=1S/C15H13N3O3/c1-10-6-13(3-4-14(10)18(19)20)21-15-5-2-11(8-16)7-12(15)9-17/h2-7H,8,16H2,1H3. The van der Waals surface area contributed by atoms with Gasteiger partial charge in [-0.25, -0.2) is 0 Å². The van der Waals surface area contributed by atoms with Crippen molar-refractivity contribution in [1.82, 2.24) is 0 Å². The lowest BCUT2D eigenvalue weighted by atomic mass is 10.1. The maximum absolute atomic E-state index is 10.8. The highest BCUT2D eigenvalue weighted by molar-refractivity contribution is 5.50. The number of nitrogens with zero attached hydrogens (tertiary/aromatic N) is 2. The summed E-state index contributed by atoms with van der Waals surface area (Å²) < 4.78 is 5.63. The third kappa shape index (κ3) is 3.16. The number of benzene rings is 2. The SMILES string of the molecule is Cc1cc(Oc2ccc(CN)cc2C#N)ccc1[N+](=O)[O-]. The molecule has 2 rings (SSSR count). The van der Waals surface area contributed by atoms with Crippen molar-refractivity contribution in [2.45, 2.75) is 13.5 Å². The average molecular weight is 283 g/mol. The van der Waals surface area contributed by atoms with Crippen LogP contribution in [-0.2, 0) is 6.54 Å². The maximum atomic E-state index is 10.8. The molecule has 0 fully saturated rings. The Morgan fingerprint density at radius 2 is 2.10 bits per heavy atom. The van der Waals surface area contributed by atoms with Crippen LogP contribution in [-0.4, -0.2) is 4.92 Å². The molecule has 0 saturated heterocycles. The summed E-state index contributed by atoms with van der Waals surface area (Å²) in [5.41, 5.74) is 7.25. The molecule has 0 spiro atoms. The number of aryl methyl sites for hydroxylation is 1. The van der Waals surface area contributed by atoms with Crippen molar-refractivity contribution in [2.75, 3.05) is 0 Å². The Morgan fingerprint density at radius 3 is 2.67 bits per heavy atom. The van der Waals surface area contributed by atoms with Crippen LogP contribution >= 0.6 is 0 Å². The van der Waals surface area contributed by atoms with Gasteiger partial charge in [0.15, 0.2) is 0 Å². The summed E-state index contributed by atoms with van der Waals surface area (Å²) in [7, 11) is 0. The molecule has 0 aliphatic heterocycles. The van der Waals surface area contributed by atoms with E-state index in [2.05, 4.69) is 0 Å². The number of hydrogen-bond acceptors (Lipinski definition) is 5. The molecule has 0 unspecified atom stereocenters. The smallest absolute Gasteiger partial charge is 0.272 e. The number of rotatable bonds is 4. The van der Waals surface area contributed by atoms with Gasteiger partial charge in [0.05, 0.1) is 10.5 Å². The molecular formula is C15H13N3O3. The molecule has 21 heavy (non-hydrogen) atoms. The summed E-state index contributed by atoms with van der Waals surface area (Å²) in [4.78, 5) is 10.3. The highest BCUT2D eigenvalue weighted by Crippen LogP contribution is 2.29. The largest absolute Gasteiger partial charge is 0.456 e.